The highest BCUT2D eigenvalue weighted by Crippen LogP contribution is 2.18. The van der Waals surface area contributed by atoms with Crippen LogP contribution >= 0.6 is 0 Å². The van der Waals surface area contributed by atoms with Crippen molar-refractivity contribution in [3.05, 3.63) is 35.9 Å². The lowest BCUT2D eigenvalue weighted by Crippen LogP contribution is -2.26. The van der Waals surface area contributed by atoms with Crippen molar-refractivity contribution in [3.8, 4) is 0 Å². The van der Waals surface area contributed by atoms with E-state index in [1.807, 2.05) is 6.08 Å². The molecule has 0 aromatic heterocycles. The smallest absolute Gasteiger partial charge is 0.411 e. The Kier molecular flexibility index (Phi) is 6.70. The van der Waals surface area contributed by atoms with Gasteiger partial charge in [-0.25, -0.2) is 10.3 Å². The number of allylic oxidation sites excluding steroid dienone is 4. The van der Waals surface area contributed by atoms with Crippen LogP contribution in [-0.4, -0.2) is 26.4 Å². The molecule has 1 aliphatic carbocycles. The highest BCUT2D eigenvalue weighted by atomic mass is 16.7. The molecule has 0 saturated heterocycles. The van der Waals surface area contributed by atoms with E-state index in [2.05, 4.69) is 17.4 Å². The summed E-state index contributed by atoms with van der Waals surface area (Å²) in [4.78, 5) is 16.3. The molecule has 0 unspecified atom stereocenters. The van der Waals surface area contributed by atoms with E-state index >= 15 is 0 Å². The summed E-state index contributed by atoms with van der Waals surface area (Å²) in [6.45, 7) is 5.92. The van der Waals surface area contributed by atoms with Crippen LogP contribution in [0, 0.1) is 0 Å². The molecule has 106 valence electrons. The molecule has 1 aliphatic rings. The molecule has 0 saturated carbocycles. The number of ether oxygens (including phenoxy) is 2. The maximum absolute atomic E-state index is 11.5. The summed E-state index contributed by atoms with van der Waals surface area (Å²) >= 11 is 0. The normalized spacial score (nSPS) is 14.2. The average molecular weight is 268 g/mol. The number of hydroxylamine groups is 1. The van der Waals surface area contributed by atoms with Gasteiger partial charge in [0.25, 0.3) is 0 Å². The summed E-state index contributed by atoms with van der Waals surface area (Å²) in [6, 6.07) is 0. The van der Waals surface area contributed by atoms with Crippen LogP contribution in [0.3, 0.4) is 0 Å². The predicted octanol–water partition coefficient (Wildman–Crippen LogP) is 1.98. The molecule has 0 heterocycles. The van der Waals surface area contributed by atoms with Gasteiger partial charge in [0.1, 0.15) is 19.0 Å². The first-order chi connectivity index (χ1) is 9.11. The predicted molar refractivity (Wildman–Crippen MR) is 70.8 cm³/mol. The number of rotatable bonds is 7. The van der Waals surface area contributed by atoms with Gasteiger partial charge in [0.05, 0.1) is 5.76 Å². The Morgan fingerprint density at radius 2 is 2.26 bits per heavy atom. The van der Waals surface area contributed by atoms with Gasteiger partial charge in [-0.1, -0.05) is 6.58 Å². The lowest BCUT2D eigenvalue weighted by atomic mass is 10.1. The Bertz CT molecular complexity index is 388. The van der Waals surface area contributed by atoms with E-state index in [-0.39, 0.29) is 6.61 Å². The Labute approximate surface area is 113 Å². The van der Waals surface area contributed by atoms with Crippen LogP contribution in [0.5, 0.6) is 0 Å². The molecular weight excluding hydrogens is 248 g/mol. The van der Waals surface area contributed by atoms with Crippen LogP contribution in [0.4, 0.5) is 4.79 Å². The molecular formula is C13H20N2O4. The third kappa shape index (κ3) is 6.64. The molecule has 0 atom stereocenters. The van der Waals surface area contributed by atoms with Crippen molar-refractivity contribution in [1.29, 1.82) is 0 Å². The van der Waals surface area contributed by atoms with Crippen molar-refractivity contribution in [1.82, 2.24) is 10.8 Å². The van der Waals surface area contributed by atoms with E-state index in [0.29, 0.717) is 18.1 Å². The number of amides is 1. The summed E-state index contributed by atoms with van der Waals surface area (Å²) in [5.74, 6) is 1.29. The Morgan fingerprint density at radius 1 is 1.47 bits per heavy atom. The van der Waals surface area contributed by atoms with E-state index < -0.39 is 6.09 Å². The van der Waals surface area contributed by atoms with Crippen LogP contribution in [0.2, 0.25) is 0 Å². The minimum absolute atomic E-state index is 0.185. The number of alkyl carbamates (subject to hydrolysis) is 1. The number of carbonyl (C=O) groups excluding carboxylic acids is 1. The minimum atomic E-state index is -0.498. The summed E-state index contributed by atoms with van der Waals surface area (Å²) in [7, 11) is 1.64. The molecule has 0 fully saturated rings. The van der Waals surface area contributed by atoms with Crippen LogP contribution in [-0.2, 0) is 14.3 Å². The fourth-order valence-corrected chi connectivity index (χ4v) is 1.49. The zero-order valence-corrected chi connectivity index (χ0v) is 11.3. The van der Waals surface area contributed by atoms with E-state index in [9.17, 15) is 4.79 Å². The third-order valence-corrected chi connectivity index (χ3v) is 2.19. The van der Waals surface area contributed by atoms with Crippen molar-refractivity contribution < 1.29 is 19.1 Å². The first-order valence-electron chi connectivity index (χ1n) is 6.08. The van der Waals surface area contributed by atoms with E-state index in [1.54, 1.807) is 20.0 Å². The molecule has 0 aromatic rings. The molecule has 19 heavy (non-hydrogen) atoms. The average Bonchev–Trinajstić information content (AvgIpc) is 2.34. The SMILES string of the molecule is C=C(C)OC1=CCCC(NC(=O)OCCONC)=C1. The molecule has 0 aromatic carbocycles. The second-order valence-corrected chi connectivity index (χ2v) is 3.93. The molecule has 0 aliphatic heterocycles. The van der Waals surface area contributed by atoms with Gasteiger partial charge in [-0.05, 0) is 31.9 Å². The molecule has 1 rings (SSSR count). The second kappa shape index (κ2) is 8.34. The number of hydrogen-bond acceptors (Lipinski definition) is 5. The van der Waals surface area contributed by atoms with E-state index in [4.69, 9.17) is 14.3 Å². The number of hydrogen-bond donors (Lipinski definition) is 2. The molecule has 6 heteroatoms. The van der Waals surface area contributed by atoms with Crippen molar-refractivity contribution in [2.75, 3.05) is 20.3 Å². The zero-order valence-electron chi connectivity index (χ0n) is 11.3. The van der Waals surface area contributed by atoms with Gasteiger partial charge in [-0.2, -0.15) is 0 Å². The minimum Gasteiger partial charge on any atom is -0.463 e. The number of carbonyl (C=O) groups is 1. The topological polar surface area (TPSA) is 68.8 Å². The first-order valence-corrected chi connectivity index (χ1v) is 6.08. The lowest BCUT2D eigenvalue weighted by Gasteiger charge is -2.15. The fraction of sp³-hybridized carbons (Fsp3) is 0.462. The Morgan fingerprint density at radius 3 is 2.95 bits per heavy atom. The molecule has 6 nitrogen and oxygen atoms in total. The summed E-state index contributed by atoms with van der Waals surface area (Å²) in [5.41, 5.74) is 3.25. The Hall–Kier alpha value is -1.79. The van der Waals surface area contributed by atoms with Gasteiger partial charge in [0.15, 0.2) is 0 Å². The molecule has 0 spiro atoms. The van der Waals surface area contributed by atoms with Crippen LogP contribution in [0.1, 0.15) is 19.8 Å². The highest BCUT2D eigenvalue weighted by Gasteiger charge is 2.10. The summed E-state index contributed by atoms with van der Waals surface area (Å²) < 4.78 is 10.3. The van der Waals surface area contributed by atoms with Gasteiger partial charge >= 0.3 is 6.09 Å². The van der Waals surface area contributed by atoms with Gasteiger partial charge in [0.2, 0.25) is 0 Å². The second-order valence-electron chi connectivity index (χ2n) is 3.93. The first kappa shape index (κ1) is 15.3. The monoisotopic (exact) mass is 268 g/mol. The zero-order chi connectivity index (χ0) is 14.1. The van der Waals surface area contributed by atoms with Crippen molar-refractivity contribution in [2.45, 2.75) is 19.8 Å². The number of nitrogens with one attached hydrogen (secondary N) is 2. The maximum atomic E-state index is 11.5. The molecule has 1 amide bonds. The fourth-order valence-electron chi connectivity index (χ4n) is 1.49. The van der Waals surface area contributed by atoms with Gasteiger partial charge in [0, 0.05) is 12.7 Å². The standard InChI is InChI=1S/C13H20N2O4/c1-10(2)19-12-6-4-5-11(9-12)15-13(16)17-7-8-18-14-3/h6,9,14H,1,4-5,7-8H2,2-3H3,(H,15,16). The lowest BCUT2D eigenvalue weighted by molar-refractivity contribution is 0.0243. The molecule has 0 bridgehead atoms. The quantitative estimate of drug-likeness (QED) is 0.420. The van der Waals surface area contributed by atoms with Crippen molar-refractivity contribution in [3.63, 3.8) is 0 Å². The van der Waals surface area contributed by atoms with E-state index in [0.717, 1.165) is 18.5 Å². The third-order valence-electron chi connectivity index (χ3n) is 2.19. The summed E-state index contributed by atoms with van der Waals surface area (Å²) in [5, 5.41) is 2.67. The van der Waals surface area contributed by atoms with Crippen LogP contribution < -0.4 is 10.8 Å². The van der Waals surface area contributed by atoms with Crippen molar-refractivity contribution >= 4 is 6.09 Å². The van der Waals surface area contributed by atoms with Crippen LogP contribution in [0.25, 0.3) is 0 Å². The van der Waals surface area contributed by atoms with Gasteiger partial charge in [-0.15, -0.1) is 0 Å². The highest BCUT2D eigenvalue weighted by molar-refractivity contribution is 5.69. The summed E-state index contributed by atoms with van der Waals surface area (Å²) in [6.07, 6.45) is 4.76. The van der Waals surface area contributed by atoms with Gasteiger partial charge < -0.3 is 9.47 Å². The van der Waals surface area contributed by atoms with Crippen LogP contribution in [0.15, 0.2) is 35.9 Å². The Balaban J connectivity index is 2.35. The van der Waals surface area contributed by atoms with Crippen molar-refractivity contribution in [2.24, 2.45) is 0 Å². The van der Waals surface area contributed by atoms with Gasteiger partial charge in [-0.3, -0.25) is 10.2 Å². The maximum Gasteiger partial charge on any atom is 0.411 e. The largest absolute Gasteiger partial charge is 0.463 e. The van der Waals surface area contributed by atoms with E-state index in [1.165, 1.54) is 0 Å². The molecule has 0 radical (unpaired) electrons. The molecule has 2 N–H and O–H groups in total.